The largest absolute Gasteiger partial charge is 0.467 e. The molecule has 2 aromatic rings. The van der Waals surface area contributed by atoms with Crippen molar-refractivity contribution < 1.29 is 18.7 Å². The van der Waals surface area contributed by atoms with E-state index in [-0.39, 0.29) is 25.1 Å². The van der Waals surface area contributed by atoms with Gasteiger partial charge < -0.3 is 14.8 Å². The van der Waals surface area contributed by atoms with Gasteiger partial charge in [-0.05, 0) is 31.3 Å². The lowest BCUT2D eigenvalue weighted by Gasteiger charge is -2.23. The minimum Gasteiger partial charge on any atom is -0.467 e. The lowest BCUT2D eigenvalue weighted by Crippen LogP contribution is -2.30. The molecule has 0 spiro atoms. The van der Waals surface area contributed by atoms with Crippen LogP contribution in [0.25, 0.3) is 0 Å². The summed E-state index contributed by atoms with van der Waals surface area (Å²) in [6, 6.07) is 9.86. The van der Waals surface area contributed by atoms with Crippen LogP contribution in [-0.4, -0.2) is 31.2 Å². The molecule has 1 aliphatic heterocycles. The number of halogens is 2. The van der Waals surface area contributed by atoms with Crippen LogP contribution >= 0.6 is 11.6 Å². The first-order chi connectivity index (χ1) is 12.0. The Balaban J connectivity index is 1.65. The van der Waals surface area contributed by atoms with Gasteiger partial charge in [-0.25, -0.2) is 4.39 Å². The summed E-state index contributed by atoms with van der Waals surface area (Å²) < 4.78 is 24.4. The Labute approximate surface area is 150 Å². The molecule has 132 valence electrons. The summed E-state index contributed by atoms with van der Waals surface area (Å²) in [5, 5.41) is 3.24. The van der Waals surface area contributed by atoms with Gasteiger partial charge in [-0.1, -0.05) is 23.7 Å². The van der Waals surface area contributed by atoms with Crippen molar-refractivity contribution in [2.24, 2.45) is 0 Å². The molecular weight excluding hydrogens is 347 g/mol. The molecule has 0 saturated carbocycles. The Morgan fingerprint density at radius 2 is 2.16 bits per heavy atom. The second kappa shape index (κ2) is 7.82. The molecule has 0 bridgehead atoms. The van der Waals surface area contributed by atoms with Crippen molar-refractivity contribution in [1.82, 2.24) is 4.90 Å². The van der Waals surface area contributed by atoms with Gasteiger partial charge in [-0.15, -0.1) is 0 Å². The number of carbonyl (C=O) groups is 1. The number of fused-ring (bicyclic) bond motifs is 1. The average molecular weight is 365 g/mol. The second-order valence-electron chi connectivity index (χ2n) is 5.86. The first-order valence-electron chi connectivity index (χ1n) is 7.77. The van der Waals surface area contributed by atoms with E-state index in [1.165, 1.54) is 12.1 Å². The summed E-state index contributed by atoms with van der Waals surface area (Å²) in [7, 11) is 1.78. The summed E-state index contributed by atoms with van der Waals surface area (Å²) in [6.07, 6.45) is 0. The van der Waals surface area contributed by atoms with Crippen molar-refractivity contribution in [1.29, 1.82) is 0 Å². The number of amides is 1. The number of anilines is 1. The highest BCUT2D eigenvalue weighted by molar-refractivity contribution is 6.33. The molecule has 2 aromatic carbocycles. The minimum atomic E-state index is -0.350. The topological polar surface area (TPSA) is 50.8 Å². The average Bonchev–Trinajstić information content (AvgIpc) is 2.56. The van der Waals surface area contributed by atoms with E-state index < -0.39 is 0 Å². The molecule has 0 saturated heterocycles. The van der Waals surface area contributed by atoms with Gasteiger partial charge in [0.15, 0.2) is 6.79 Å². The van der Waals surface area contributed by atoms with Crippen molar-refractivity contribution in [2.75, 3.05) is 25.7 Å². The minimum absolute atomic E-state index is 0.132. The highest BCUT2D eigenvalue weighted by atomic mass is 35.5. The summed E-state index contributed by atoms with van der Waals surface area (Å²) in [5.41, 5.74) is 1.92. The van der Waals surface area contributed by atoms with Crippen LogP contribution in [0.4, 0.5) is 10.1 Å². The Hall–Kier alpha value is -2.15. The number of rotatable bonds is 5. The number of benzene rings is 2. The number of carbonyl (C=O) groups excluding carboxylic acids is 1. The van der Waals surface area contributed by atoms with Crippen LogP contribution < -0.4 is 10.1 Å². The van der Waals surface area contributed by atoms with Crippen LogP contribution in [0, 0.1) is 5.82 Å². The van der Waals surface area contributed by atoms with E-state index in [0.29, 0.717) is 40.7 Å². The van der Waals surface area contributed by atoms with E-state index in [0.717, 1.165) is 0 Å². The molecule has 0 aromatic heterocycles. The summed E-state index contributed by atoms with van der Waals surface area (Å²) >= 11 is 6.03. The molecule has 1 amide bonds. The lowest BCUT2D eigenvalue weighted by molar-refractivity contribution is -0.117. The Morgan fingerprint density at radius 3 is 2.96 bits per heavy atom. The first kappa shape index (κ1) is 17.7. The zero-order valence-corrected chi connectivity index (χ0v) is 14.5. The Bertz CT molecular complexity index is 785. The Kier molecular flexibility index (Phi) is 5.53. The molecule has 3 rings (SSSR count). The third-order valence-corrected chi connectivity index (χ3v) is 4.08. The molecular formula is C18H18ClFN2O3. The molecule has 1 aliphatic rings. The predicted molar refractivity (Wildman–Crippen MR) is 93.1 cm³/mol. The van der Waals surface area contributed by atoms with E-state index in [2.05, 4.69) is 5.32 Å². The molecule has 0 radical (unpaired) electrons. The highest BCUT2D eigenvalue weighted by Crippen LogP contribution is 2.30. The molecule has 25 heavy (non-hydrogen) atoms. The summed E-state index contributed by atoms with van der Waals surface area (Å²) in [4.78, 5) is 14.0. The summed E-state index contributed by atoms with van der Waals surface area (Å²) in [5.74, 6) is 0.0768. The van der Waals surface area contributed by atoms with Crippen molar-refractivity contribution in [3.05, 3.63) is 58.4 Å². The summed E-state index contributed by atoms with van der Waals surface area (Å²) in [6.45, 7) is 0.961. The van der Waals surface area contributed by atoms with Gasteiger partial charge in [-0.3, -0.25) is 9.69 Å². The van der Waals surface area contributed by atoms with Crippen molar-refractivity contribution >= 4 is 23.2 Å². The monoisotopic (exact) mass is 364 g/mol. The van der Waals surface area contributed by atoms with E-state index in [1.807, 2.05) is 0 Å². The van der Waals surface area contributed by atoms with Crippen LogP contribution in [0.1, 0.15) is 11.1 Å². The second-order valence-corrected chi connectivity index (χ2v) is 6.27. The van der Waals surface area contributed by atoms with E-state index >= 15 is 0 Å². The maximum absolute atomic E-state index is 13.8. The number of hydrogen-bond donors (Lipinski definition) is 1. The third kappa shape index (κ3) is 4.48. The van der Waals surface area contributed by atoms with Gasteiger partial charge in [0.05, 0.1) is 23.9 Å². The SMILES string of the molecule is CN(CC(=O)Nc1ccccc1Cl)Cc1cc(F)cc2c1OCOC2. The molecule has 0 atom stereocenters. The molecule has 1 N–H and O–H groups in total. The van der Waals surface area contributed by atoms with Crippen molar-refractivity contribution in [2.45, 2.75) is 13.2 Å². The lowest BCUT2D eigenvalue weighted by atomic mass is 10.1. The molecule has 7 heteroatoms. The fourth-order valence-corrected chi connectivity index (χ4v) is 2.90. The molecule has 1 heterocycles. The molecule has 0 fully saturated rings. The number of nitrogens with zero attached hydrogens (tertiary/aromatic N) is 1. The zero-order valence-electron chi connectivity index (χ0n) is 13.7. The molecule has 0 aliphatic carbocycles. The molecule has 0 unspecified atom stereocenters. The third-order valence-electron chi connectivity index (χ3n) is 3.75. The highest BCUT2D eigenvalue weighted by Gasteiger charge is 2.19. The van der Waals surface area contributed by atoms with Crippen LogP contribution in [-0.2, 0) is 22.7 Å². The normalized spacial score (nSPS) is 13.3. The van der Waals surface area contributed by atoms with Gasteiger partial charge in [0.25, 0.3) is 0 Å². The quantitative estimate of drug-likeness (QED) is 0.883. The number of nitrogens with one attached hydrogen (secondary N) is 1. The maximum Gasteiger partial charge on any atom is 0.238 e. The predicted octanol–water partition coefficient (Wildman–Crippen LogP) is 3.42. The number of ether oxygens (including phenoxy) is 2. The van der Waals surface area contributed by atoms with Crippen LogP contribution in [0.3, 0.4) is 0 Å². The van der Waals surface area contributed by atoms with E-state index in [4.69, 9.17) is 21.1 Å². The van der Waals surface area contributed by atoms with Gasteiger partial charge in [-0.2, -0.15) is 0 Å². The Morgan fingerprint density at radius 1 is 1.36 bits per heavy atom. The van der Waals surface area contributed by atoms with Crippen molar-refractivity contribution in [3.8, 4) is 5.75 Å². The van der Waals surface area contributed by atoms with Crippen molar-refractivity contribution in [3.63, 3.8) is 0 Å². The fourth-order valence-electron chi connectivity index (χ4n) is 2.72. The van der Waals surface area contributed by atoms with Crippen LogP contribution in [0.2, 0.25) is 5.02 Å². The van der Waals surface area contributed by atoms with Crippen LogP contribution in [0.5, 0.6) is 5.75 Å². The fraction of sp³-hybridized carbons (Fsp3) is 0.278. The standard InChI is InChI=1S/C18H18ClFN2O3/c1-22(9-17(23)21-16-5-3-2-4-15(16)19)8-12-6-14(20)7-13-10-24-11-25-18(12)13/h2-7H,8-11H2,1H3,(H,21,23). The maximum atomic E-state index is 13.8. The number of likely N-dealkylation sites (N-methyl/N-ethyl adjacent to an activating group) is 1. The zero-order chi connectivity index (χ0) is 17.8. The number of hydrogen-bond acceptors (Lipinski definition) is 4. The smallest absolute Gasteiger partial charge is 0.238 e. The molecule has 5 nitrogen and oxygen atoms in total. The van der Waals surface area contributed by atoms with Gasteiger partial charge in [0.2, 0.25) is 5.91 Å². The van der Waals surface area contributed by atoms with Crippen LogP contribution in [0.15, 0.2) is 36.4 Å². The van der Waals surface area contributed by atoms with Gasteiger partial charge >= 0.3 is 0 Å². The number of para-hydroxylation sites is 1. The van der Waals surface area contributed by atoms with E-state index in [1.54, 1.807) is 36.2 Å². The van der Waals surface area contributed by atoms with Gasteiger partial charge in [0.1, 0.15) is 11.6 Å². The van der Waals surface area contributed by atoms with Gasteiger partial charge in [0, 0.05) is 17.7 Å². The first-order valence-corrected chi connectivity index (χ1v) is 8.15. The van der Waals surface area contributed by atoms with E-state index in [9.17, 15) is 9.18 Å².